The van der Waals surface area contributed by atoms with Gasteiger partial charge in [0, 0.05) is 12.4 Å². The van der Waals surface area contributed by atoms with Crippen LogP contribution in [0.2, 0.25) is 10.0 Å². The van der Waals surface area contributed by atoms with E-state index in [9.17, 15) is 4.79 Å². The van der Waals surface area contributed by atoms with E-state index < -0.39 is 5.91 Å². The lowest BCUT2D eigenvalue weighted by atomic mass is 10.1. The van der Waals surface area contributed by atoms with Crippen molar-refractivity contribution in [3.05, 3.63) is 57.9 Å². The quantitative estimate of drug-likeness (QED) is 0.677. The topological polar surface area (TPSA) is 80.9 Å². The third-order valence-corrected chi connectivity index (χ3v) is 4.59. The minimum atomic E-state index is -0.420. The number of amides is 1. The van der Waals surface area contributed by atoms with Crippen molar-refractivity contribution in [2.45, 2.75) is 0 Å². The van der Waals surface area contributed by atoms with E-state index in [0.29, 0.717) is 11.4 Å². The molecule has 2 aromatic heterocycles. The number of nitrogens with zero attached hydrogens (tertiary/aromatic N) is 2. The number of nitrogen functional groups attached to an aromatic ring is 1. The smallest absolute Gasteiger partial charge is 0.274 e. The van der Waals surface area contributed by atoms with Crippen molar-refractivity contribution in [1.29, 1.82) is 0 Å². The second-order valence-electron chi connectivity index (χ2n) is 4.61. The van der Waals surface area contributed by atoms with Crippen LogP contribution in [-0.2, 0) is 0 Å². The standard InChI is InChI=1S/C15H10Cl2N4OS/c16-9-4-13(20-5-10(9)17)15(22)21-12-3-8(1-2-11(12)18)14-6-19-7-23-14/h1-7H,18H2,(H,21,22). The molecule has 3 aromatic rings. The molecule has 2 heterocycles. The maximum Gasteiger partial charge on any atom is 0.274 e. The highest BCUT2D eigenvalue weighted by molar-refractivity contribution is 7.13. The highest BCUT2D eigenvalue weighted by Gasteiger charge is 2.12. The zero-order chi connectivity index (χ0) is 16.4. The van der Waals surface area contributed by atoms with Gasteiger partial charge in [0.25, 0.3) is 5.91 Å². The molecule has 0 aliphatic rings. The van der Waals surface area contributed by atoms with Gasteiger partial charge in [-0.3, -0.25) is 9.78 Å². The van der Waals surface area contributed by atoms with Gasteiger partial charge in [-0.25, -0.2) is 4.98 Å². The Morgan fingerprint density at radius 1 is 1.17 bits per heavy atom. The summed E-state index contributed by atoms with van der Waals surface area (Å²) in [6, 6.07) is 6.80. The minimum absolute atomic E-state index is 0.155. The minimum Gasteiger partial charge on any atom is -0.397 e. The summed E-state index contributed by atoms with van der Waals surface area (Å²) in [7, 11) is 0. The van der Waals surface area contributed by atoms with Crippen LogP contribution in [0.4, 0.5) is 11.4 Å². The number of nitrogens with two attached hydrogens (primary N) is 1. The number of anilines is 2. The van der Waals surface area contributed by atoms with Gasteiger partial charge in [-0.1, -0.05) is 29.3 Å². The summed E-state index contributed by atoms with van der Waals surface area (Å²) >= 11 is 13.2. The van der Waals surface area contributed by atoms with E-state index in [-0.39, 0.29) is 15.7 Å². The molecule has 0 spiro atoms. The molecule has 0 atom stereocenters. The van der Waals surface area contributed by atoms with Gasteiger partial charge in [-0.05, 0) is 23.8 Å². The summed E-state index contributed by atoms with van der Waals surface area (Å²) in [5, 5.41) is 3.28. The maximum absolute atomic E-state index is 12.3. The molecular weight excluding hydrogens is 355 g/mol. The molecule has 0 saturated carbocycles. The molecule has 8 heteroatoms. The fourth-order valence-electron chi connectivity index (χ4n) is 1.90. The van der Waals surface area contributed by atoms with Crippen LogP contribution >= 0.6 is 34.5 Å². The summed E-state index contributed by atoms with van der Waals surface area (Å²) in [5.41, 5.74) is 9.68. The summed E-state index contributed by atoms with van der Waals surface area (Å²) in [6.07, 6.45) is 3.08. The number of rotatable bonds is 3. The Labute approximate surface area is 146 Å². The third-order valence-electron chi connectivity index (χ3n) is 3.06. The molecule has 0 aliphatic carbocycles. The van der Waals surface area contributed by atoms with Crippen LogP contribution in [0, 0.1) is 0 Å². The Morgan fingerprint density at radius 2 is 2.00 bits per heavy atom. The summed E-state index contributed by atoms with van der Waals surface area (Å²) in [4.78, 5) is 21.3. The molecular formula is C15H10Cl2N4OS. The van der Waals surface area contributed by atoms with Gasteiger partial charge in [0.15, 0.2) is 0 Å². The average Bonchev–Trinajstić information content (AvgIpc) is 3.06. The van der Waals surface area contributed by atoms with Crippen LogP contribution in [0.5, 0.6) is 0 Å². The van der Waals surface area contributed by atoms with Gasteiger partial charge in [-0.2, -0.15) is 0 Å². The molecule has 0 saturated heterocycles. The molecule has 1 amide bonds. The SMILES string of the molecule is Nc1ccc(-c2cncs2)cc1NC(=O)c1cc(Cl)c(Cl)cn1. The number of thiazole rings is 1. The van der Waals surface area contributed by atoms with E-state index in [0.717, 1.165) is 10.4 Å². The maximum atomic E-state index is 12.3. The molecule has 5 nitrogen and oxygen atoms in total. The number of nitrogens with one attached hydrogen (secondary N) is 1. The molecule has 0 bridgehead atoms. The summed E-state index contributed by atoms with van der Waals surface area (Å²) in [5.74, 6) is -0.420. The van der Waals surface area contributed by atoms with Crippen LogP contribution in [0.25, 0.3) is 10.4 Å². The summed E-state index contributed by atoms with van der Waals surface area (Å²) in [6.45, 7) is 0. The van der Waals surface area contributed by atoms with Crippen molar-refractivity contribution in [3.8, 4) is 10.4 Å². The predicted molar refractivity (Wildman–Crippen MR) is 94.2 cm³/mol. The van der Waals surface area contributed by atoms with Crippen LogP contribution in [0.1, 0.15) is 10.5 Å². The van der Waals surface area contributed by atoms with Gasteiger partial charge in [0.05, 0.1) is 31.8 Å². The lowest BCUT2D eigenvalue weighted by Gasteiger charge is -2.10. The van der Waals surface area contributed by atoms with Crippen molar-refractivity contribution in [2.24, 2.45) is 0 Å². The van der Waals surface area contributed by atoms with Crippen molar-refractivity contribution in [3.63, 3.8) is 0 Å². The van der Waals surface area contributed by atoms with E-state index in [2.05, 4.69) is 15.3 Å². The second kappa shape index (κ2) is 6.54. The first-order valence-electron chi connectivity index (χ1n) is 6.45. The molecule has 0 aliphatic heterocycles. The van der Waals surface area contributed by atoms with E-state index in [4.69, 9.17) is 28.9 Å². The Bertz CT molecular complexity index is 868. The van der Waals surface area contributed by atoms with Crippen LogP contribution < -0.4 is 11.1 Å². The number of carbonyl (C=O) groups is 1. The zero-order valence-electron chi connectivity index (χ0n) is 11.6. The highest BCUT2D eigenvalue weighted by Crippen LogP contribution is 2.30. The first kappa shape index (κ1) is 15.7. The second-order valence-corrected chi connectivity index (χ2v) is 6.31. The fourth-order valence-corrected chi connectivity index (χ4v) is 2.78. The van der Waals surface area contributed by atoms with Crippen molar-refractivity contribution >= 4 is 51.8 Å². The largest absolute Gasteiger partial charge is 0.397 e. The van der Waals surface area contributed by atoms with E-state index in [1.165, 1.54) is 23.6 Å². The van der Waals surface area contributed by atoms with Crippen molar-refractivity contribution in [2.75, 3.05) is 11.1 Å². The first-order valence-corrected chi connectivity index (χ1v) is 8.09. The predicted octanol–water partition coefficient (Wildman–Crippen LogP) is 4.35. The highest BCUT2D eigenvalue weighted by atomic mass is 35.5. The number of aromatic nitrogens is 2. The van der Waals surface area contributed by atoms with E-state index in [1.807, 2.05) is 6.07 Å². The normalized spacial score (nSPS) is 10.5. The zero-order valence-corrected chi connectivity index (χ0v) is 13.9. The van der Waals surface area contributed by atoms with Crippen molar-refractivity contribution in [1.82, 2.24) is 9.97 Å². The number of hydrogen-bond donors (Lipinski definition) is 2. The lowest BCUT2D eigenvalue weighted by Crippen LogP contribution is -2.14. The lowest BCUT2D eigenvalue weighted by molar-refractivity contribution is 0.102. The van der Waals surface area contributed by atoms with E-state index in [1.54, 1.807) is 23.8 Å². The Balaban J connectivity index is 1.88. The number of carbonyl (C=O) groups excluding carboxylic acids is 1. The Hall–Kier alpha value is -2.15. The number of halogens is 2. The van der Waals surface area contributed by atoms with Gasteiger partial charge in [-0.15, -0.1) is 11.3 Å². The molecule has 0 unspecified atom stereocenters. The molecule has 3 rings (SSSR count). The molecule has 0 fully saturated rings. The molecule has 0 radical (unpaired) electrons. The number of hydrogen-bond acceptors (Lipinski definition) is 5. The van der Waals surface area contributed by atoms with Gasteiger partial charge >= 0.3 is 0 Å². The van der Waals surface area contributed by atoms with Crippen LogP contribution in [0.15, 0.2) is 42.2 Å². The monoisotopic (exact) mass is 364 g/mol. The van der Waals surface area contributed by atoms with Crippen LogP contribution in [0.3, 0.4) is 0 Å². The summed E-state index contributed by atoms with van der Waals surface area (Å²) < 4.78 is 0. The first-order chi connectivity index (χ1) is 11.0. The Morgan fingerprint density at radius 3 is 2.70 bits per heavy atom. The van der Waals surface area contributed by atoms with Crippen molar-refractivity contribution < 1.29 is 4.79 Å². The average molecular weight is 365 g/mol. The van der Waals surface area contributed by atoms with Gasteiger partial charge in [0.2, 0.25) is 0 Å². The molecule has 116 valence electrons. The number of benzene rings is 1. The number of pyridine rings is 1. The third kappa shape index (κ3) is 3.44. The van der Waals surface area contributed by atoms with E-state index >= 15 is 0 Å². The van der Waals surface area contributed by atoms with Gasteiger partial charge in [0.1, 0.15) is 5.69 Å². The molecule has 3 N–H and O–H groups in total. The molecule has 23 heavy (non-hydrogen) atoms. The van der Waals surface area contributed by atoms with Gasteiger partial charge < -0.3 is 11.1 Å². The molecule has 1 aromatic carbocycles. The Kier molecular flexibility index (Phi) is 4.47. The fraction of sp³-hybridized carbons (Fsp3) is 0. The van der Waals surface area contributed by atoms with Crippen LogP contribution in [-0.4, -0.2) is 15.9 Å².